The highest BCUT2D eigenvalue weighted by Gasteiger charge is 2.02. The Morgan fingerprint density at radius 1 is 1.08 bits per heavy atom. The van der Waals surface area contributed by atoms with Gasteiger partial charge in [-0.25, -0.2) is 4.79 Å². The van der Waals surface area contributed by atoms with Crippen molar-refractivity contribution in [2.24, 2.45) is 0 Å². The van der Waals surface area contributed by atoms with E-state index in [9.17, 15) is 4.79 Å². The fourth-order valence-electron chi connectivity index (χ4n) is 2.03. The summed E-state index contributed by atoms with van der Waals surface area (Å²) in [5, 5.41) is 6.24. The standard InChI is InChI=1S/C18H21ClN2O3/c1-13-11-16(7-8-17(13)19)24-10-9-20-18(22)21-12-14-3-5-15(23-2)6-4-14/h3-8,11H,9-10,12H2,1-2H3,(H2,20,21,22). The Bertz CT molecular complexity index is 674. The summed E-state index contributed by atoms with van der Waals surface area (Å²) in [6.07, 6.45) is 0. The van der Waals surface area contributed by atoms with Crippen molar-refractivity contribution in [1.82, 2.24) is 10.6 Å². The number of hydrogen-bond acceptors (Lipinski definition) is 3. The zero-order valence-electron chi connectivity index (χ0n) is 13.8. The molecule has 0 saturated carbocycles. The highest BCUT2D eigenvalue weighted by molar-refractivity contribution is 6.31. The van der Waals surface area contributed by atoms with E-state index < -0.39 is 0 Å². The molecule has 0 heterocycles. The number of methoxy groups -OCH3 is 1. The van der Waals surface area contributed by atoms with Crippen LogP contribution in [0.4, 0.5) is 4.79 Å². The molecule has 0 atom stereocenters. The molecule has 0 saturated heterocycles. The van der Waals surface area contributed by atoms with Gasteiger partial charge in [0.05, 0.1) is 13.7 Å². The van der Waals surface area contributed by atoms with E-state index in [4.69, 9.17) is 21.1 Å². The van der Waals surface area contributed by atoms with Crippen LogP contribution < -0.4 is 20.1 Å². The predicted molar refractivity (Wildman–Crippen MR) is 94.9 cm³/mol. The number of urea groups is 1. The molecule has 2 amide bonds. The zero-order chi connectivity index (χ0) is 17.4. The molecule has 0 fully saturated rings. The molecule has 128 valence electrons. The summed E-state index contributed by atoms with van der Waals surface area (Å²) >= 11 is 5.96. The summed E-state index contributed by atoms with van der Waals surface area (Å²) in [6.45, 7) is 3.17. The Balaban J connectivity index is 1.64. The topological polar surface area (TPSA) is 59.6 Å². The minimum absolute atomic E-state index is 0.235. The lowest BCUT2D eigenvalue weighted by molar-refractivity contribution is 0.236. The molecule has 2 N–H and O–H groups in total. The molecule has 24 heavy (non-hydrogen) atoms. The number of amides is 2. The summed E-state index contributed by atoms with van der Waals surface area (Å²) in [7, 11) is 1.62. The van der Waals surface area contributed by atoms with Crippen LogP contribution in [-0.4, -0.2) is 26.3 Å². The first-order chi connectivity index (χ1) is 11.6. The van der Waals surface area contributed by atoms with E-state index in [0.717, 1.165) is 22.6 Å². The number of benzene rings is 2. The SMILES string of the molecule is COc1ccc(CNC(=O)NCCOc2ccc(Cl)c(C)c2)cc1. The second-order valence-electron chi connectivity index (χ2n) is 5.22. The second-order valence-corrected chi connectivity index (χ2v) is 5.62. The molecular weight excluding hydrogens is 328 g/mol. The van der Waals surface area contributed by atoms with E-state index in [0.29, 0.717) is 24.7 Å². The van der Waals surface area contributed by atoms with Gasteiger partial charge in [0.1, 0.15) is 18.1 Å². The minimum Gasteiger partial charge on any atom is -0.497 e. The van der Waals surface area contributed by atoms with E-state index in [1.165, 1.54) is 0 Å². The number of carbonyl (C=O) groups is 1. The summed E-state index contributed by atoms with van der Waals surface area (Å²) in [6, 6.07) is 12.8. The smallest absolute Gasteiger partial charge is 0.315 e. The molecule has 0 bridgehead atoms. The first kappa shape index (κ1) is 17.9. The van der Waals surface area contributed by atoms with Gasteiger partial charge in [-0.2, -0.15) is 0 Å². The minimum atomic E-state index is -0.235. The van der Waals surface area contributed by atoms with Gasteiger partial charge in [0.2, 0.25) is 0 Å². The lowest BCUT2D eigenvalue weighted by Gasteiger charge is -2.10. The van der Waals surface area contributed by atoms with E-state index in [-0.39, 0.29) is 6.03 Å². The van der Waals surface area contributed by atoms with E-state index in [1.54, 1.807) is 19.2 Å². The summed E-state index contributed by atoms with van der Waals surface area (Å²) in [4.78, 5) is 11.7. The quantitative estimate of drug-likeness (QED) is 0.752. The van der Waals surface area contributed by atoms with Crippen LogP contribution in [0.15, 0.2) is 42.5 Å². The fraction of sp³-hybridized carbons (Fsp3) is 0.278. The van der Waals surface area contributed by atoms with Crippen molar-refractivity contribution in [2.45, 2.75) is 13.5 Å². The van der Waals surface area contributed by atoms with Crippen LogP contribution in [0.25, 0.3) is 0 Å². The molecular formula is C18H21ClN2O3. The van der Waals surface area contributed by atoms with E-state index in [1.807, 2.05) is 37.3 Å². The number of hydrogen-bond donors (Lipinski definition) is 2. The Labute approximate surface area is 146 Å². The Morgan fingerprint density at radius 2 is 1.79 bits per heavy atom. The summed E-state index contributed by atoms with van der Waals surface area (Å²) < 4.78 is 10.7. The van der Waals surface area contributed by atoms with Gasteiger partial charge in [0.15, 0.2) is 0 Å². The largest absolute Gasteiger partial charge is 0.497 e. The third-order valence-corrected chi connectivity index (χ3v) is 3.82. The average molecular weight is 349 g/mol. The molecule has 2 aromatic carbocycles. The maximum absolute atomic E-state index is 11.7. The first-order valence-corrected chi connectivity index (χ1v) is 8.00. The molecule has 0 spiro atoms. The number of nitrogens with one attached hydrogen (secondary N) is 2. The highest BCUT2D eigenvalue weighted by atomic mass is 35.5. The molecule has 0 unspecified atom stereocenters. The molecule has 2 aromatic rings. The van der Waals surface area contributed by atoms with Crippen LogP contribution in [0, 0.1) is 6.92 Å². The van der Waals surface area contributed by atoms with Gasteiger partial charge in [0.25, 0.3) is 0 Å². The molecule has 5 nitrogen and oxygen atoms in total. The van der Waals surface area contributed by atoms with Crippen LogP contribution >= 0.6 is 11.6 Å². The Kier molecular flexibility index (Phi) is 6.75. The maximum Gasteiger partial charge on any atom is 0.315 e. The number of rotatable bonds is 7. The highest BCUT2D eigenvalue weighted by Crippen LogP contribution is 2.20. The monoisotopic (exact) mass is 348 g/mol. The number of carbonyl (C=O) groups excluding carboxylic acids is 1. The van der Waals surface area contributed by atoms with Crippen LogP contribution in [0.5, 0.6) is 11.5 Å². The van der Waals surface area contributed by atoms with Gasteiger partial charge >= 0.3 is 6.03 Å². The maximum atomic E-state index is 11.7. The zero-order valence-corrected chi connectivity index (χ0v) is 14.5. The summed E-state index contributed by atoms with van der Waals surface area (Å²) in [5.74, 6) is 1.52. The van der Waals surface area contributed by atoms with Crippen molar-refractivity contribution >= 4 is 17.6 Å². The number of halogens is 1. The van der Waals surface area contributed by atoms with E-state index >= 15 is 0 Å². The van der Waals surface area contributed by atoms with Crippen molar-refractivity contribution in [3.05, 3.63) is 58.6 Å². The molecule has 0 aliphatic carbocycles. The van der Waals surface area contributed by atoms with Crippen molar-refractivity contribution < 1.29 is 14.3 Å². The second kappa shape index (κ2) is 9.03. The van der Waals surface area contributed by atoms with Gasteiger partial charge in [0, 0.05) is 11.6 Å². The Hall–Kier alpha value is -2.40. The van der Waals surface area contributed by atoms with Crippen LogP contribution in [0.2, 0.25) is 5.02 Å². The number of ether oxygens (including phenoxy) is 2. The molecule has 0 aromatic heterocycles. The van der Waals surface area contributed by atoms with Gasteiger partial charge in [-0.3, -0.25) is 0 Å². The van der Waals surface area contributed by atoms with Crippen molar-refractivity contribution in [3.8, 4) is 11.5 Å². The van der Waals surface area contributed by atoms with E-state index in [2.05, 4.69) is 10.6 Å². The van der Waals surface area contributed by atoms with Crippen molar-refractivity contribution in [1.29, 1.82) is 0 Å². The molecule has 0 aliphatic heterocycles. The molecule has 0 aliphatic rings. The number of aryl methyl sites for hydroxylation is 1. The molecule has 2 rings (SSSR count). The molecule has 0 radical (unpaired) electrons. The summed E-state index contributed by atoms with van der Waals surface area (Å²) in [5.41, 5.74) is 1.96. The third-order valence-electron chi connectivity index (χ3n) is 3.40. The van der Waals surface area contributed by atoms with Crippen LogP contribution in [0.3, 0.4) is 0 Å². The lowest BCUT2D eigenvalue weighted by Crippen LogP contribution is -2.37. The average Bonchev–Trinajstić information content (AvgIpc) is 2.60. The predicted octanol–water partition coefficient (Wildman–Crippen LogP) is 3.54. The van der Waals surface area contributed by atoms with Crippen molar-refractivity contribution in [2.75, 3.05) is 20.3 Å². The van der Waals surface area contributed by atoms with Gasteiger partial charge in [-0.1, -0.05) is 23.7 Å². The third kappa shape index (κ3) is 5.66. The van der Waals surface area contributed by atoms with Gasteiger partial charge in [-0.05, 0) is 48.4 Å². The van der Waals surface area contributed by atoms with Crippen molar-refractivity contribution in [3.63, 3.8) is 0 Å². The lowest BCUT2D eigenvalue weighted by atomic mass is 10.2. The van der Waals surface area contributed by atoms with Gasteiger partial charge in [-0.15, -0.1) is 0 Å². The first-order valence-electron chi connectivity index (χ1n) is 7.62. The van der Waals surface area contributed by atoms with Crippen LogP contribution in [0.1, 0.15) is 11.1 Å². The van der Waals surface area contributed by atoms with Crippen LogP contribution in [-0.2, 0) is 6.54 Å². The van der Waals surface area contributed by atoms with Gasteiger partial charge < -0.3 is 20.1 Å². The Morgan fingerprint density at radius 3 is 2.46 bits per heavy atom. The normalized spacial score (nSPS) is 10.1. The molecule has 6 heteroatoms. The fourth-order valence-corrected chi connectivity index (χ4v) is 2.15.